The number of carboxylic acids is 2. The summed E-state index contributed by atoms with van der Waals surface area (Å²) in [6, 6.07) is -1.06. The molecule has 0 bridgehead atoms. The summed E-state index contributed by atoms with van der Waals surface area (Å²) >= 11 is 0. The average Bonchev–Trinajstić information content (AvgIpc) is 2.90. The number of carboxylic acid groups (broad SMARTS) is 2. The van der Waals surface area contributed by atoms with Crippen LogP contribution in [0.15, 0.2) is 0 Å². The third kappa shape index (κ3) is 11.7. The third-order valence-corrected chi connectivity index (χ3v) is 3.92. The molecule has 1 aliphatic heterocycles. The lowest BCUT2D eigenvalue weighted by Gasteiger charge is -2.17. The van der Waals surface area contributed by atoms with E-state index in [4.69, 9.17) is 35.9 Å². The SMILES string of the molecule is N=C(CNC=O)N[C@@H]1O[C@H](COP(=O)(O)O)[C@@H](O)[C@H]1O.N[C@@H](CCC(=O)O)C(=O)O. The van der Waals surface area contributed by atoms with E-state index < -0.39 is 56.9 Å². The van der Waals surface area contributed by atoms with E-state index in [0.717, 1.165) is 0 Å². The van der Waals surface area contributed by atoms with Gasteiger partial charge in [0, 0.05) is 6.42 Å². The van der Waals surface area contributed by atoms with Crippen molar-refractivity contribution in [2.24, 2.45) is 5.73 Å². The predicted molar refractivity (Wildman–Crippen MR) is 96.1 cm³/mol. The zero-order valence-electron chi connectivity index (χ0n) is 15.4. The molecule has 0 aliphatic carbocycles. The predicted octanol–water partition coefficient (Wildman–Crippen LogP) is -3.88. The summed E-state index contributed by atoms with van der Waals surface area (Å²) < 4.78 is 19.8. The number of hydrogen-bond acceptors (Lipinski definition) is 10. The Bertz CT molecular complexity index is 644. The molecule has 0 radical (unpaired) electrons. The molecule has 0 aromatic carbocycles. The minimum atomic E-state index is -4.71. The molecule has 1 fully saturated rings. The van der Waals surface area contributed by atoms with Gasteiger partial charge in [0.15, 0.2) is 6.23 Å². The van der Waals surface area contributed by atoms with Crippen molar-refractivity contribution in [3.05, 3.63) is 0 Å². The van der Waals surface area contributed by atoms with Gasteiger partial charge in [-0.15, -0.1) is 0 Å². The summed E-state index contributed by atoms with van der Waals surface area (Å²) in [6.07, 6.45) is -5.02. The molecule has 1 amide bonds. The standard InChI is InChI=1S/C8H16N3O8P.C5H9NO4/c9-5(1-10-3-12)11-8-7(14)6(13)4(19-8)2-18-20(15,16)17;6-3(5(9)10)1-2-4(7)8/h3-4,6-8,13-14H,1-2H2,(H2,9,11)(H,10,12)(H2,15,16,17);3H,1-2,6H2,(H,7,8)(H,9,10)/t4-,6-,7-,8-;3-/m10/s1. The van der Waals surface area contributed by atoms with Crippen molar-refractivity contribution in [1.82, 2.24) is 10.6 Å². The zero-order chi connectivity index (χ0) is 23.5. The molecular weight excluding hydrogens is 435 g/mol. The molecule has 17 heteroatoms. The van der Waals surface area contributed by atoms with Crippen LogP contribution in [0.25, 0.3) is 0 Å². The Balaban J connectivity index is 0.000000710. The van der Waals surface area contributed by atoms with Crippen molar-refractivity contribution in [2.45, 2.75) is 43.4 Å². The second kappa shape index (κ2) is 13.2. The lowest BCUT2D eigenvalue weighted by Crippen LogP contribution is -2.46. The summed E-state index contributed by atoms with van der Waals surface area (Å²) in [5, 5.41) is 47.6. The monoisotopic (exact) mass is 460 g/mol. The summed E-state index contributed by atoms with van der Waals surface area (Å²) in [4.78, 5) is 47.0. The molecule has 174 valence electrons. The minimum absolute atomic E-state index is 0.0231. The molecule has 0 spiro atoms. The van der Waals surface area contributed by atoms with Gasteiger partial charge >= 0.3 is 19.8 Å². The molecule has 0 unspecified atom stereocenters. The number of nitrogens with two attached hydrogens (primary N) is 1. The van der Waals surface area contributed by atoms with E-state index in [2.05, 4.69) is 15.2 Å². The zero-order valence-corrected chi connectivity index (χ0v) is 16.3. The number of amides is 1. The summed E-state index contributed by atoms with van der Waals surface area (Å²) in [5.74, 6) is -2.37. The number of aliphatic hydroxyl groups is 2. The van der Waals surface area contributed by atoms with Crippen molar-refractivity contribution in [3.8, 4) is 0 Å². The Hall–Kier alpha value is -2.17. The molecule has 1 rings (SSSR count). The quantitative estimate of drug-likeness (QED) is 0.0611. The first-order chi connectivity index (χ1) is 13.8. The van der Waals surface area contributed by atoms with Gasteiger partial charge < -0.3 is 51.3 Å². The van der Waals surface area contributed by atoms with Gasteiger partial charge in [-0.1, -0.05) is 0 Å². The highest BCUT2D eigenvalue weighted by Gasteiger charge is 2.43. The maximum Gasteiger partial charge on any atom is 0.469 e. The minimum Gasteiger partial charge on any atom is -0.481 e. The molecule has 1 aliphatic rings. The van der Waals surface area contributed by atoms with E-state index >= 15 is 0 Å². The Morgan fingerprint density at radius 3 is 2.33 bits per heavy atom. The molecule has 11 N–H and O–H groups in total. The van der Waals surface area contributed by atoms with Crippen LogP contribution in [0.4, 0.5) is 0 Å². The number of ether oxygens (including phenoxy) is 1. The highest BCUT2D eigenvalue weighted by molar-refractivity contribution is 7.46. The molecule has 16 nitrogen and oxygen atoms in total. The number of carbonyl (C=O) groups is 3. The van der Waals surface area contributed by atoms with Gasteiger partial charge in [-0.2, -0.15) is 0 Å². The molecule has 30 heavy (non-hydrogen) atoms. The highest BCUT2D eigenvalue weighted by atomic mass is 31.2. The Kier molecular flexibility index (Phi) is 12.2. The number of aliphatic hydroxyl groups excluding tert-OH is 2. The van der Waals surface area contributed by atoms with E-state index in [9.17, 15) is 29.2 Å². The van der Waals surface area contributed by atoms with Crippen LogP contribution >= 0.6 is 7.82 Å². The van der Waals surface area contributed by atoms with Gasteiger partial charge in [0.1, 0.15) is 30.2 Å². The van der Waals surface area contributed by atoms with Crippen molar-refractivity contribution in [2.75, 3.05) is 13.2 Å². The molecule has 5 atom stereocenters. The number of aliphatic carboxylic acids is 2. The summed E-state index contributed by atoms with van der Waals surface area (Å²) in [7, 11) is -4.71. The van der Waals surface area contributed by atoms with Crippen LogP contribution in [0.1, 0.15) is 12.8 Å². The maximum atomic E-state index is 10.5. The second-order valence-electron chi connectivity index (χ2n) is 5.86. The lowest BCUT2D eigenvalue weighted by molar-refractivity contribution is -0.139. The summed E-state index contributed by atoms with van der Waals surface area (Å²) in [5.41, 5.74) is 5.00. The maximum absolute atomic E-state index is 10.5. The van der Waals surface area contributed by atoms with E-state index in [-0.39, 0.29) is 25.2 Å². The van der Waals surface area contributed by atoms with E-state index in [1.165, 1.54) is 0 Å². The number of amidine groups is 1. The van der Waals surface area contributed by atoms with E-state index in [1.54, 1.807) is 0 Å². The van der Waals surface area contributed by atoms with Crippen LogP contribution in [0.3, 0.4) is 0 Å². The Labute approximate surface area is 169 Å². The van der Waals surface area contributed by atoms with E-state index in [1.807, 2.05) is 0 Å². The number of phosphoric ester groups is 1. The Morgan fingerprint density at radius 2 is 1.87 bits per heavy atom. The lowest BCUT2D eigenvalue weighted by atomic mass is 10.1. The molecule has 0 aromatic rings. The number of rotatable bonds is 11. The molecule has 1 saturated heterocycles. The number of nitrogens with one attached hydrogen (secondary N) is 3. The largest absolute Gasteiger partial charge is 0.481 e. The van der Waals surface area contributed by atoms with Crippen molar-refractivity contribution < 1.29 is 58.4 Å². The average molecular weight is 460 g/mol. The fourth-order valence-corrected chi connectivity index (χ4v) is 2.29. The van der Waals surface area contributed by atoms with E-state index in [0.29, 0.717) is 6.41 Å². The van der Waals surface area contributed by atoms with Crippen LogP contribution in [0.5, 0.6) is 0 Å². The van der Waals surface area contributed by atoms with Gasteiger partial charge in [-0.05, 0) is 6.42 Å². The van der Waals surface area contributed by atoms with Crippen LogP contribution in [0, 0.1) is 5.41 Å². The first-order valence-corrected chi connectivity index (χ1v) is 9.74. The number of phosphoric acid groups is 1. The Morgan fingerprint density at radius 1 is 1.27 bits per heavy atom. The van der Waals surface area contributed by atoms with Crippen LogP contribution in [-0.2, 0) is 28.2 Å². The van der Waals surface area contributed by atoms with Crippen molar-refractivity contribution in [1.29, 1.82) is 5.41 Å². The van der Waals surface area contributed by atoms with Crippen molar-refractivity contribution in [3.63, 3.8) is 0 Å². The number of hydrogen-bond donors (Lipinski definition) is 10. The fourth-order valence-electron chi connectivity index (χ4n) is 1.95. The first kappa shape index (κ1) is 27.8. The molecule has 0 saturated carbocycles. The highest BCUT2D eigenvalue weighted by Crippen LogP contribution is 2.37. The fraction of sp³-hybridized carbons (Fsp3) is 0.692. The third-order valence-electron chi connectivity index (χ3n) is 3.43. The molecule has 1 heterocycles. The molecule has 0 aromatic heterocycles. The molecular formula is C13H25N4O12P. The van der Waals surface area contributed by atoms with Gasteiger partial charge in [0.05, 0.1) is 13.2 Å². The van der Waals surface area contributed by atoms with Crippen LogP contribution in [-0.4, -0.2) is 98.1 Å². The first-order valence-electron chi connectivity index (χ1n) is 8.21. The topological polar surface area (TPSA) is 282 Å². The number of carbonyl (C=O) groups excluding carboxylic acids is 1. The second-order valence-corrected chi connectivity index (χ2v) is 7.10. The van der Waals surface area contributed by atoms with Gasteiger partial charge in [0.25, 0.3) is 0 Å². The summed E-state index contributed by atoms with van der Waals surface area (Å²) in [6.45, 7) is -0.754. The van der Waals surface area contributed by atoms with Crippen LogP contribution in [0.2, 0.25) is 0 Å². The van der Waals surface area contributed by atoms with Crippen LogP contribution < -0.4 is 16.4 Å². The normalized spacial score (nSPS) is 24.2. The van der Waals surface area contributed by atoms with Crippen molar-refractivity contribution >= 4 is 32.0 Å². The van der Waals surface area contributed by atoms with Gasteiger partial charge in [-0.25, -0.2) is 4.57 Å². The van der Waals surface area contributed by atoms with Gasteiger partial charge in [0.2, 0.25) is 6.41 Å². The smallest absolute Gasteiger partial charge is 0.469 e. The van der Waals surface area contributed by atoms with Gasteiger partial charge in [-0.3, -0.25) is 24.3 Å².